The van der Waals surface area contributed by atoms with E-state index in [2.05, 4.69) is 5.32 Å². The van der Waals surface area contributed by atoms with Gasteiger partial charge in [-0.05, 0) is 26.8 Å². The van der Waals surface area contributed by atoms with Gasteiger partial charge < -0.3 is 15.2 Å². The average Bonchev–Trinajstić information content (AvgIpc) is 2.26. The lowest BCUT2D eigenvalue weighted by Crippen LogP contribution is -2.32. The number of benzene rings is 1. The van der Waals surface area contributed by atoms with Crippen molar-refractivity contribution < 1.29 is 14.2 Å². The van der Waals surface area contributed by atoms with Gasteiger partial charge in [-0.25, -0.2) is 4.39 Å². The molecule has 0 amide bonds. The maximum atomic E-state index is 12.8. The van der Waals surface area contributed by atoms with Gasteiger partial charge in [-0.2, -0.15) is 0 Å². The van der Waals surface area contributed by atoms with Gasteiger partial charge in [-0.1, -0.05) is 6.07 Å². The van der Waals surface area contributed by atoms with Gasteiger partial charge in [0, 0.05) is 30.3 Å². The van der Waals surface area contributed by atoms with Crippen molar-refractivity contribution in [1.82, 2.24) is 5.32 Å². The average molecular weight is 241 g/mol. The summed E-state index contributed by atoms with van der Waals surface area (Å²) in [5, 5.41) is 12.9. The molecule has 0 fully saturated rings. The predicted molar refractivity (Wildman–Crippen MR) is 65.6 cm³/mol. The van der Waals surface area contributed by atoms with Crippen molar-refractivity contribution in [2.75, 3.05) is 13.2 Å². The Labute approximate surface area is 102 Å². The van der Waals surface area contributed by atoms with Crippen LogP contribution in [0.15, 0.2) is 18.2 Å². The minimum atomic E-state index is -0.430. The second kappa shape index (κ2) is 6.57. The second-order valence-electron chi connectivity index (χ2n) is 4.15. The van der Waals surface area contributed by atoms with Crippen LogP contribution in [-0.2, 0) is 4.74 Å². The number of halogens is 1. The summed E-state index contributed by atoms with van der Waals surface area (Å²) >= 11 is 0. The fraction of sp³-hybridized carbons (Fsp3) is 0.538. The standard InChI is InChI=1S/C13H20FNO2/c1-4-17-8-9(2)15-10(3)12-6-5-11(14)7-13(12)16/h5-7,9-10,15-16H,4,8H2,1-3H3. The largest absolute Gasteiger partial charge is 0.508 e. The van der Waals surface area contributed by atoms with Crippen LogP contribution in [0.3, 0.4) is 0 Å². The van der Waals surface area contributed by atoms with Crippen molar-refractivity contribution in [3.05, 3.63) is 29.6 Å². The Bertz CT molecular complexity index is 357. The number of hydrogen-bond donors (Lipinski definition) is 2. The van der Waals surface area contributed by atoms with Crippen LogP contribution in [0.5, 0.6) is 5.75 Å². The van der Waals surface area contributed by atoms with Crippen LogP contribution >= 0.6 is 0 Å². The van der Waals surface area contributed by atoms with Crippen molar-refractivity contribution in [2.45, 2.75) is 32.9 Å². The van der Waals surface area contributed by atoms with Crippen LogP contribution < -0.4 is 5.32 Å². The number of ether oxygens (including phenoxy) is 1. The third-order valence-electron chi connectivity index (χ3n) is 2.57. The molecule has 96 valence electrons. The fourth-order valence-corrected chi connectivity index (χ4v) is 1.74. The third-order valence-corrected chi connectivity index (χ3v) is 2.57. The predicted octanol–water partition coefficient (Wildman–Crippen LogP) is 2.61. The molecule has 0 heterocycles. The fourth-order valence-electron chi connectivity index (χ4n) is 1.74. The SMILES string of the molecule is CCOCC(C)NC(C)c1ccc(F)cc1O. The van der Waals surface area contributed by atoms with E-state index >= 15 is 0 Å². The van der Waals surface area contributed by atoms with Crippen LogP contribution in [0.4, 0.5) is 4.39 Å². The summed E-state index contributed by atoms with van der Waals surface area (Å²) in [6.07, 6.45) is 0. The van der Waals surface area contributed by atoms with E-state index in [9.17, 15) is 9.50 Å². The number of phenolic OH excluding ortho intramolecular Hbond substituents is 1. The van der Waals surface area contributed by atoms with E-state index in [1.165, 1.54) is 6.07 Å². The van der Waals surface area contributed by atoms with Crippen molar-refractivity contribution in [3.8, 4) is 5.75 Å². The molecule has 0 aliphatic rings. The summed E-state index contributed by atoms with van der Waals surface area (Å²) < 4.78 is 18.1. The highest BCUT2D eigenvalue weighted by molar-refractivity contribution is 5.34. The van der Waals surface area contributed by atoms with Gasteiger partial charge in [0.15, 0.2) is 0 Å². The first-order valence-corrected chi connectivity index (χ1v) is 5.86. The highest BCUT2D eigenvalue weighted by Crippen LogP contribution is 2.24. The Morgan fingerprint density at radius 3 is 2.71 bits per heavy atom. The van der Waals surface area contributed by atoms with Gasteiger partial charge in [-0.15, -0.1) is 0 Å². The van der Waals surface area contributed by atoms with Crippen molar-refractivity contribution in [1.29, 1.82) is 0 Å². The lowest BCUT2D eigenvalue weighted by Gasteiger charge is -2.20. The molecule has 0 saturated carbocycles. The summed E-state index contributed by atoms with van der Waals surface area (Å²) in [6.45, 7) is 7.18. The molecule has 0 radical (unpaired) electrons. The van der Waals surface area contributed by atoms with E-state index < -0.39 is 5.82 Å². The summed E-state index contributed by atoms with van der Waals surface area (Å²) in [4.78, 5) is 0. The van der Waals surface area contributed by atoms with E-state index in [-0.39, 0.29) is 17.8 Å². The molecule has 0 spiro atoms. The second-order valence-corrected chi connectivity index (χ2v) is 4.15. The van der Waals surface area contributed by atoms with E-state index in [1.54, 1.807) is 6.07 Å². The van der Waals surface area contributed by atoms with E-state index in [1.807, 2.05) is 20.8 Å². The van der Waals surface area contributed by atoms with Crippen LogP contribution in [-0.4, -0.2) is 24.4 Å². The quantitative estimate of drug-likeness (QED) is 0.804. The smallest absolute Gasteiger partial charge is 0.126 e. The van der Waals surface area contributed by atoms with Gasteiger partial charge in [0.25, 0.3) is 0 Å². The van der Waals surface area contributed by atoms with Crippen LogP contribution in [0, 0.1) is 5.82 Å². The summed E-state index contributed by atoms with van der Waals surface area (Å²) in [5.41, 5.74) is 0.690. The molecular formula is C13H20FNO2. The lowest BCUT2D eigenvalue weighted by atomic mass is 10.1. The maximum Gasteiger partial charge on any atom is 0.126 e. The lowest BCUT2D eigenvalue weighted by molar-refractivity contribution is 0.124. The zero-order valence-corrected chi connectivity index (χ0v) is 10.5. The maximum absolute atomic E-state index is 12.8. The van der Waals surface area contributed by atoms with Gasteiger partial charge in [-0.3, -0.25) is 0 Å². The third kappa shape index (κ3) is 4.32. The molecule has 1 aromatic carbocycles. The Kier molecular flexibility index (Phi) is 5.38. The van der Waals surface area contributed by atoms with Crippen molar-refractivity contribution in [2.24, 2.45) is 0 Å². The van der Waals surface area contributed by atoms with Gasteiger partial charge >= 0.3 is 0 Å². The monoisotopic (exact) mass is 241 g/mol. The molecule has 2 N–H and O–H groups in total. The molecule has 0 aliphatic heterocycles. The molecule has 2 unspecified atom stereocenters. The van der Waals surface area contributed by atoms with Crippen molar-refractivity contribution in [3.63, 3.8) is 0 Å². The summed E-state index contributed by atoms with van der Waals surface area (Å²) in [5.74, 6) is -0.450. The van der Waals surface area contributed by atoms with Crippen molar-refractivity contribution >= 4 is 0 Å². The van der Waals surface area contributed by atoms with Gasteiger partial charge in [0.05, 0.1) is 6.61 Å². The number of hydrogen-bond acceptors (Lipinski definition) is 3. The molecule has 0 aliphatic carbocycles. The summed E-state index contributed by atoms with van der Waals surface area (Å²) in [6, 6.07) is 4.19. The van der Waals surface area contributed by atoms with Crippen LogP contribution in [0.1, 0.15) is 32.4 Å². The molecular weight excluding hydrogens is 221 g/mol. The minimum Gasteiger partial charge on any atom is -0.508 e. The number of phenols is 1. The number of nitrogens with one attached hydrogen (secondary N) is 1. The Hall–Kier alpha value is -1.13. The zero-order chi connectivity index (χ0) is 12.8. The van der Waals surface area contributed by atoms with Gasteiger partial charge in [0.2, 0.25) is 0 Å². The first-order chi connectivity index (χ1) is 8.04. The van der Waals surface area contributed by atoms with E-state index in [0.717, 1.165) is 6.07 Å². The Morgan fingerprint density at radius 1 is 1.41 bits per heavy atom. The highest BCUT2D eigenvalue weighted by Gasteiger charge is 2.13. The molecule has 0 aromatic heterocycles. The Morgan fingerprint density at radius 2 is 2.12 bits per heavy atom. The number of rotatable bonds is 6. The Balaban J connectivity index is 2.60. The molecule has 3 nitrogen and oxygen atoms in total. The zero-order valence-electron chi connectivity index (χ0n) is 10.5. The molecule has 1 rings (SSSR count). The highest BCUT2D eigenvalue weighted by atomic mass is 19.1. The minimum absolute atomic E-state index is 0.0198. The first-order valence-electron chi connectivity index (χ1n) is 5.86. The van der Waals surface area contributed by atoms with E-state index in [4.69, 9.17) is 4.74 Å². The first kappa shape index (κ1) is 13.9. The molecule has 0 saturated heterocycles. The topological polar surface area (TPSA) is 41.5 Å². The van der Waals surface area contributed by atoms with Gasteiger partial charge in [0.1, 0.15) is 11.6 Å². The molecule has 0 bridgehead atoms. The normalized spacial score (nSPS) is 14.6. The van der Waals surface area contributed by atoms with Crippen LogP contribution in [0.25, 0.3) is 0 Å². The molecule has 1 aromatic rings. The van der Waals surface area contributed by atoms with Crippen LogP contribution in [0.2, 0.25) is 0 Å². The summed E-state index contributed by atoms with van der Waals surface area (Å²) in [7, 11) is 0. The number of aromatic hydroxyl groups is 1. The molecule has 2 atom stereocenters. The molecule has 17 heavy (non-hydrogen) atoms. The van der Waals surface area contributed by atoms with E-state index in [0.29, 0.717) is 18.8 Å². The molecule has 4 heteroatoms.